The van der Waals surface area contributed by atoms with E-state index in [2.05, 4.69) is 4.74 Å². The molecule has 0 bridgehead atoms. The maximum Gasteiger partial charge on any atom is 0.438 e. The van der Waals surface area contributed by atoms with Crippen LogP contribution in [-0.4, -0.2) is 84.8 Å². The molecule has 43 heavy (non-hydrogen) atoms. The number of hydrogen-bond acceptors (Lipinski definition) is 1. The van der Waals surface area contributed by atoms with E-state index < -0.39 is 97.6 Å². The predicted octanol–water partition coefficient (Wildman–Crippen LogP) is 9.26. The highest BCUT2D eigenvalue weighted by molar-refractivity contribution is 5.15. The minimum atomic E-state index is -8.43. The van der Waals surface area contributed by atoms with E-state index in [0.717, 1.165) is 0 Å². The summed E-state index contributed by atoms with van der Waals surface area (Å²) in [5, 5.41) is 0. The summed E-state index contributed by atoms with van der Waals surface area (Å²) in [5.74, 6) is -46.8. The van der Waals surface area contributed by atoms with Crippen molar-refractivity contribution < 1.29 is 119 Å². The lowest BCUT2D eigenvalue weighted by Gasteiger charge is -2.42. The van der Waals surface area contributed by atoms with Crippen molar-refractivity contribution in [1.29, 1.82) is 0 Å². The molecule has 0 radical (unpaired) electrons. The molecule has 0 amide bonds. The van der Waals surface area contributed by atoms with Crippen LogP contribution >= 0.6 is 0 Å². The average Bonchev–Trinajstić information content (AvgIpc) is 2.73. The Kier molecular flexibility index (Phi) is 10.4. The fourth-order valence-electron chi connectivity index (χ4n) is 2.74. The fraction of sp³-hybridized carbons (Fsp3) is 1.00. The standard InChI is InChI=1S/C16H8F26O/c17-5(18,9(23,24)11(27,28)7(21,13(31,32)33)14(34,35)36)1-3-43-4-2-6(19,20)10(25,26)12(29,30)8(22,15(37,38)39)16(40,41)42/h1-4H2. The first-order chi connectivity index (χ1) is 18.2. The first-order valence-corrected chi connectivity index (χ1v) is 9.70. The molecule has 260 valence electrons. The Morgan fingerprint density at radius 1 is 0.279 bits per heavy atom. The largest absolute Gasteiger partial charge is 0.438 e. The molecule has 0 spiro atoms. The fourth-order valence-corrected chi connectivity index (χ4v) is 2.74. The summed E-state index contributed by atoms with van der Waals surface area (Å²) < 4.78 is 340. The predicted molar refractivity (Wildman–Crippen MR) is 81.6 cm³/mol. The van der Waals surface area contributed by atoms with Crippen LogP contribution in [0.2, 0.25) is 0 Å². The van der Waals surface area contributed by atoms with Crippen molar-refractivity contribution in [1.82, 2.24) is 0 Å². The summed E-state index contributed by atoms with van der Waals surface area (Å²) in [5.41, 5.74) is -16.8. The third kappa shape index (κ3) is 6.06. The van der Waals surface area contributed by atoms with Crippen LogP contribution in [0.15, 0.2) is 0 Å². The third-order valence-electron chi connectivity index (χ3n) is 5.26. The van der Waals surface area contributed by atoms with Gasteiger partial charge in [-0.1, -0.05) is 0 Å². The molecule has 0 N–H and O–H groups in total. The number of ether oxygens (including phenoxy) is 1. The van der Waals surface area contributed by atoms with Gasteiger partial charge in [0.1, 0.15) is 0 Å². The Morgan fingerprint density at radius 3 is 0.628 bits per heavy atom. The van der Waals surface area contributed by atoms with Crippen LogP contribution in [0, 0.1) is 0 Å². The molecule has 1 nitrogen and oxygen atoms in total. The first-order valence-electron chi connectivity index (χ1n) is 9.70. The van der Waals surface area contributed by atoms with Crippen LogP contribution in [0.4, 0.5) is 114 Å². The molecule has 0 aromatic rings. The molecular formula is C16H8F26O. The molecule has 0 unspecified atom stereocenters. The van der Waals surface area contributed by atoms with E-state index in [9.17, 15) is 114 Å². The molecule has 0 aliphatic heterocycles. The topological polar surface area (TPSA) is 9.23 Å². The monoisotopic (exact) mass is 710 g/mol. The van der Waals surface area contributed by atoms with Gasteiger partial charge in [-0.2, -0.15) is 105 Å². The lowest BCUT2D eigenvalue weighted by atomic mass is 9.87. The zero-order chi connectivity index (χ0) is 35.5. The third-order valence-corrected chi connectivity index (χ3v) is 5.26. The van der Waals surface area contributed by atoms with Gasteiger partial charge in [-0.15, -0.1) is 0 Å². The maximum absolute atomic E-state index is 13.5. The van der Waals surface area contributed by atoms with Gasteiger partial charge in [0.2, 0.25) is 0 Å². The van der Waals surface area contributed by atoms with Crippen LogP contribution in [0.25, 0.3) is 0 Å². The zero-order valence-corrected chi connectivity index (χ0v) is 19.1. The molecule has 0 fully saturated rings. The summed E-state index contributed by atoms with van der Waals surface area (Å²) in [6, 6.07) is 0. The SMILES string of the molecule is FC(F)(F)C(F)(C(F)(F)F)C(F)(F)C(F)(F)C(F)(F)CCOCCC(F)(F)C(F)(F)C(F)(F)C(F)(C(F)(F)F)C(F)(F)F. The second-order valence-corrected chi connectivity index (χ2v) is 8.13. The summed E-state index contributed by atoms with van der Waals surface area (Å²) >= 11 is 0. The van der Waals surface area contributed by atoms with Crippen molar-refractivity contribution in [2.75, 3.05) is 13.2 Å². The highest BCUT2D eigenvalue weighted by atomic mass is 19.4. The number of halogens is 26. The Labute approximate surface area is 218 Å². The second-order valence-electron chi connectivity index (χ2n) is 8.13. The van der Waals surface area contributed by atoms with Gasteiger partial charge in [0.05, 0.1) is 13.2 Å². The maximum atomic E-state index is 13.5. The quantitative estimate of drug-likeness (QED) is 0.145. The molecule has 0 atom stereocenters. The van der Waals surface area contributed by atoms with Crippen molar-refractivity contribution in [3.05, 3.63) is 0 Å². The number of alkyl halides is 26. The summed E-state index contributed by atoms with van der Waals surface area (Å²) in [7, 11) is 0. The molecule has 0 aliphatic carbocycles. The van der Waals surface area contributed by atoms with Gasteiger partial charge in [-0.25, -0.2) is 8.78 Å². The van der Waals surface area contributed by atoms with Crippen molar-refractivity contribution in [2.24, 2.45) is 0 Å². The van der Waals surface area contributed by atoms with Gasteiger partial charge >= 0.3 is 71.6 Å². The Bertz CT molecular complexity index is 842. The minimum absolute atomic E-state index is 2.63. The summed E-state index contributed by atoms with van der Waals surface area (Å²) in [4.78, 5) is 0. The molecule has 0 saturated heterocycles. The van der Waals surface area contributed by atoms with Crippen LogP contribution in [0.1, 0.15) is 12.8 Å². The molecule has 0 saturated carbocycles. The van der Waals surface area contributed by atoms with Crippen molar-refractivity contribution in [2.45, 2.75) is 84.4 Å². The van der Waals surface area contributed by atoms with Crippen molar-refractivity contribution in [3.63, 3.8) is 0 Å². The Morgan fingerprint density at radius 2 is 0.465 bits per heavy atom. The summed E-state index contributed by atoms with van der Waals surface area (Å²) in [6.45, 7) is -5.27. The molecule has 0 aromatic carbocycles. The molecule has 0 rings (SSSR count). The highest BCUT2D eigenvalue weighted by Crippen LogP contribution is 2.64. The van der Waals surface area contributed by atoms with E-state index in [0.29, 0.717) is 0 Å². The number of rotatable bonds is 12. The lowest BCUT2D eigenvalue weighted by molar-refractivity contribution is -0.445. The smallest absolute Gasteiger partial charge is 0.381 e. The van der Waals surface area contributed by atoms with Gasteiger partial charge in [0.15, 0.2) is 0 Å². The van der Waals surface area contributed by atoms with Gasteiger partial charge in [-0.05, 0) is 0 Å². The van der Waals surface area contributed by atoms with Gasteiger partial charge in [0, 0.05) is 12.8 Å². The van der Waals surface area contributed by atoms with E-state index in [4.69, 9.17) is 0 Å². The van der Waals surface area contributed by atoms with Crippen LogP contribution < -0.4 is 0 Å². The molecule has 27 heteroatoms. The van der Waals surface area contributed by atoms with E-state index in [1.165, 1.54) is 0 Å². The Balaban J connectivity index is 5.98. The molecule has 0 heterocycles. The van der Waals surface area contributed by atoms with Crippen molar-refractivity contribution >= 4 is 0 Å². The van der Waals surface area contributed by atoms with Gasteiger partial charge < -0.3 is 4.74 Å². The van der Waals surface area contributed by atoms with E-state index >= 15 is 0 Å². The molecular weight excluding hydrogens is 702 g/mol. The van der Waals surface area contributed by atoms with Crippen LogP contribution in [0.5, 0.6) is 0 Å². The van der Waals surface area contributed by atoms with E-state index in [1.54, 1.807) is 0 Å². The Hall–Kier alpha value is -1.86. The van der Waals surface area contributed by atoms with Gasteiger partial charge in [0.25, 0.3) is 0 Å². The second kappa shape index (κ2) is 10.9. The lowest BCUT2D eigenvalue weighted by Crippen LogP contribution is -2.73. The summed E-state index contributed by atoms with van der Waals surface area (Å²) in [6.07, 6.45) is -39.0. The first kappa shape index (κ1) is 41.1. The average molecular weight is 710 g/mol. The van der Waals surface area contributed by atoms with Crippen LogP contribution in [0.3, 0.4) is 0 Å². The minimum Gasteiger partial charge on any atom is -0.381 e. The zero-order valence-electron chi connectivity index (χ0n) is 19.1. The number of hydrogen-bond donors (Lipinski definition) is 0. The highest BCUT2D eigenvalue weighted by Gasteiger charge is 2.94. The molecule has 0 aliphatic rings. The van der Waals surface area contributed by atoms with E-state index in [1.807, 2.05) is 0 Å². The normalized spacial score (nSPS) is 16.6. The van der Waals surface area contributed by atoms with E-state index in [-0.39, 0.29) is 0 Å². The van der Waals surface area contributed by atoms with Crippen molar-refractivity contribution in [3.8, 4) is 0 Å². The van der Waals surface area contributed by atoms with Gasteiger partial charge in [-0.3, -0.25) is 0 Å². The van der Waals surface area contributed by atoms with Crippen LogP contribution in [-0.2, 0) is 4.74 Å². The molecule has 0 aromatic heterocycles.